The van der Waals surface area contributed by atoms with Crippen LogP contribution in [0.3, 0.4) is 0 Å². The van der Waals surface area contributed by atoms with Gasteiger partial charge in [0.2, 0.25) is 0 Å². The van der Waals surface area contributed by atoms with E-state index in [2.05, 4.69) is 20.9 Å². The molecule has 0 saturated carbocycles. The summed E-state index contributed by atoms with van der Waals surface area (Å²) in [6, 6.07) is 13.9. The van der Waals surface area contributed by atoms with Gasteiger partial charge in [0, 0.05) is 11.6 Å². The van der Waals surface area contributed by atoms with Gasteiger partial charge in [0.05, 0.1) is 9.99 Å². The summed E-state index contributed by atoms with van der Waals surface area (Å²) in [4.78, 5) is 4.24. The first-order valence-electron chi connectivity index (χ1n) is 6.13. The lowest BCUT2D eigenvalue weighted by molar-refractivity contribution is 0.220. The number of pyridine rings is 1. The molecule has 1 unspecified atom stereocenters. The van der Waals surface area contributed by atoms with Crippen LogP contribution in [0.4, 0.5) is 4.39 Å². The third kappa shape index (κ3) is 2.44. The van der Waals surface area contributed by atoms with Crippen molar-refractivity contribution in [2.45, 2.75) is 6.10 Å². The maximum Gasteiger partial charge on any atom is 0.137 e. The molecule has 2 aromatic carbocycles. The minimum atomic E-state index is -0.795. The number of hydrogen-bond acceptors (Lipinski definition) is 2. The van der Waals surface area contributed by atoms with E-state index in [0.29, 0.717) is 10.0 Å². The summed E-state index contributed by atoms with van der Waals surface area (Å²) in [7, 11) is 0. The fraction of sp³-hybridized carbons (Fsp3) is 0.0625. The van der Waals surface area contributed by atoms with Gasteiger partial charge in [-0.3, -0.25) is 4.98 Å². The highest BCUT2D eigenvalue weighted by atomic mass is 79.9. The number of aliphatic hydroxyl groups excluding tert-OH is 1. The van der Waals surface area contributed by atoms with E-state index in [1.165, 1.54) is 6.07 Å². The van der Waals surface area contributed by atoms with Crippen molar-refractivity contribution in [1.29, 1.82) is 0 Å². The van der Waals surface area contributed by atoms with Crippen molar-refractivity contribution in [3.8, 4) is 0 Å². The molecule has 0 aliphatic heterocycles. The predicted molar refractivity (Wildman–Crippen MR) is 79.9 cm³/mol. The topological polar surface area (TPSA) is 33.1 Å². The second-order valence-corrected chi connectivity index (χ2v) is 5.39. The number of rotatable bonds is 2. The lowest BCUT2D eigenvalue weighted by atomic mass is 10.00. The van der Waals surface area contributed by atoms with Crippen LogP contribution in [-0.4, -0.2) is 10.1 Å². The standard InChI is InChI=1S/C16H11BrFNO/c17-13-9-12(3-5-14(13)18)16(20)11-4-6-15-10(8-11)2-1-7-19-15/h1-9,16,20H. The Morgan fingerprint density at radius 2 is 1.80 bits per heavy atom. The van der Waals surface area contributed by atoms with E-state index in [0.717, 1.165) is 16.5 Å². The van der Waals surface area contributed by atoms with Crippen LogP contribution in [0.25, 0.3) is 10.9 Å². The Hall–Kier alpha value is -1.78. The first kappa shape index (κ1) is 13.2. The molecule has 3 aromatic rings. The zero-order valence-corrected chi connectivity index (χ0v) is 12.0. The van der Waals surface area contributed by atoms with Gasteiger partial charge in [0.1, 0.15) is 11.9 Å². The van der Waals surface area contributed by atoms with Crippen LogP contribution in [0.15, 0.2) is 59.2 Å². The molecule has 3 rings (SSSR count). The van der Waals surface area contributed by atoms with Gasteiger partial charge >= 0.3 is 0 Å². The number of aromatic nitrogens is 1. The molecule has 0 amide bonds. The molecule has 0 spiro atoms. The summed E-state index contributed by atoms with van der Waals surface area (Å²) in [5.41, 5.74) is 2.27. The molecule has 20 heavy (non-hydrogen) atoms. The highest BCUT2D eigenvalue weighted by molar-refractivity contribution is 9.10. The Kier molecular flexibility index (Phi) is 3.51. The van der Waals surface area contributed by atoms with Gasteiger partial charge in [-0.2, -0.15) is 0 Å². The molecule has 0 radical (unpaired) electrons. The minimum absolute atomic E-state index is 0.344. The van der Waals surface area contributed by atoms with E-state index in [1.54, 1.807) is 18.3 Å². The largest absolute Gasteiger partial charge is 0.384 e. The van der Waals surface area contributed by atoms with Crippen LogP contribution in [0.2, 0.25) is 0 Å². The zero-order valence-electron chi connectivity index (χ0n) is 10.4. The monoisotopic (exact) mass is 331 g/mol. The average molecular weight is 332 g/mol. The molecule has 1 N–H and O–H groups in total. The van der Waals surface area contributed by atoms with Crippen molar-refractivity contribution in [3.63, 3.8) is 0 Å². The lowest BCUT2D eigenvalue weighted by Gasteiger charge is -2.13. The third-order valence-corrected chi connectivity index (χ3v) is 3.81. The molecule has 100 valence electrons. The predicted octanol–water partition coefficient (Wildman–Crippen LogP) is 4.22. The van der Waals surface area contributed by atoms with Crippen molar-refractivity contribution in [1.82, 2.24) is 4.98 Å². The summed E-state index contributed by atoms with van der Waals surface area (Å²) < 4.78 is 13.6. The fourth-order valence-corrected chi connectivity index (χ4v) is 2.54. The molecular weight excluding hydrogens is 321 g/mol. The first-order valence-corrected chi connectivity index (χ1v) is 6.92. The number of aliphatic hydroxyl groups is 1. The molecule has 1 atom stereocenters. The van der Waals surface area contributed by atoms with Crippen molar-refractivity contribution in [2.75, 3.05) is 0 Å². The van der Waals surface area contributed by atoms with Gasteiger partial charge < -0.3 is 5.11 Å². The second kappa shape index (κ2) is 5.31. The van der Waals surface area contributed by atoms with E-state index < -0.39 is 6.10 Å². The van der Waals surface area contributed by atoms with Crippen LogP contribution in [-0.2, 0) is 0 Å². The summed E-state index contributed by atoms with van der Waals surface area (Å²) in [6.45, 7) is 0. The molecule has 1 heterocycles. The van der Waals surface area contributed by atoms with Gasteiger partial charge in [-0.1, -0.05) is 18.2 Å². The Balaban J connectivity index is 2.02. The van der Waals surface area contributed by atoms with E-state index in [9.17, 15) is 9.50 Å². The number of nitrogens with zero attached hydrogens (tertiary/aromatic N) is 1. The molecule has 0 aliphatic carbocycles. The van der Waals surface area contributed by atoms with Crippen molar-refractivity contribution < 1.29 is 9.50 Å². The summed E-state index contributed by atoms with van der Waals surface area (Å²) >= 11 is 3.13. The van der Waals surface area contributed by atoms with Gasteiger partial charge in [-0.15, -0.1) is 0 Å². The fourth-order valence-electron chi connectivity index (χ4n) is 2.14. The van der Waals surface area contributed by atoms with Crippen LogP contribution in [0, 0.1) is 5.82 Å². The SMILES string of the molecule is OC(c1ccc(F)c(Br)c1)c1ccc2ncccc2c1. The maximum absolute atomic E-state index is 13.2. The second-order valence-electron chi connectivity index (χ2n) is 4.53. The lowest BCUT2D eigenvalue weighted by Crippen LogP contribution is -2.00. The number of benzene rings is 2. The van der Waals surface area contributed by atoms with Gasteiger partial charge in [-0.05, 0) is 57.4 Å². The third-order valence-electron chi connectivity index (χ3n) is 3.20. The van der Waals surface area contributed by atoms with Crippen molar-refractivity contribution in [3.05, 3.63) is 76.1 Å². The van der Waals surface area contributed by atoms with E-state index in [1.807, 2.05) is 30.3 Å². The Bertz CT molecular complexity index is 775. The normalized spacial score (nSPS) is 12.6. The molecular formula is C16H11BrFNO. The molecule has 0 saturated heterocycles. The van der Waals surface area contributed by atoms with Crippen LogP contribution in [0.5, 0.6) is 0 Å². The first-order chi connectivity index (χ1) is 9.65. The Morgan fingerprint density at radius 3 is 2.60 bits per heavy atom. The Labute approximate surface area is 124 Å². The smallest absolute Gasteiger partial charge is 0.137 e. The molecule has 0 fully saturated rings. The molecule has 4 heteroatoms. The minimum Gasteiger partial charge on any atom is -0.384 e. The van der Waals surface area contributed by atoms with Crippen molar-refractivity contribution in [2.24, 2.45) is 0 Å². The average Bonchev–Trinajstić information content (AvgIpc) is 2.49. The van der Waals surface area contributed by atoms with Gasteiger partial charge in [0.25, 0.3) is 0 Å². The quantitative estimate of drug-likeness (QED) is 0.762. The van der Waals surface area contributed by atoms with Crippen LogP contribution >= 0.6 is 15.9 Å². The number of halogens is 2. The zero-order chi connectivity index (χ0) is 14.1. The highest BCUT2D eigenvalue weighted by Crippen LogP contribution is 2.27. The molecule has 0 aliphatic rings. The summed E-state index contributed by atoms with van der Waals surface area (Å²) in [5.74, 6) is -0.344. The molecule has 2 nitrogen and oxygen atoms in total. The highest BCUT2D eigenvalue weighted by Gasteiger charge is 2.12. The molecule has 1 aromatic heterocycles. The van der Waals surface area contributed by atoms with Crippen LogP contribution in [0.1, 0.15) is 17.2 Å². The number of hydrogen-bond donors (Lipinski definition) is 1. The summed E-state index contributed by atoms with van der Waals surface area (Å²) in [6.07, 6.45) is 0.937. The van der Waals surface area contributed by atoms with E-state index in [4.69, 9.17) is 0 Å². The van der Waals surface area contributed by atoms with Gasteiger partial charge in [-0.25, -0.2) is 4.39 Å². The van der Waals surface area contributed by atoms with Gasteiger partial charge in [0.15, 0.2) is 0 Å². The van der Waals surface area contributed by atoms with E-state index >= 15 is 0 Å². The Morgan fingerprint density at radius 1 is 1.05 bits per heavy atom. The van der Waals surface area contributed by atoms with Crippen LogP contribution < -0.4 is 0 Å². The molecule has 0 bridgehead atoms. The van der Waals surface area contributed by atoms with E-state index in [-0.39, 0.29) is 5.82 Å². The maximum atomic E-state index is 13.2. The number of fused-ring (bicyclic) bond motifs is 1. The summed E-state index contributed by atoms with van der Waals surface area (Å²) in [5, 5.41) is 11.4. The van der Waals surface area contributed by atoms with Crippen molar-refractivity contribution >= 4 is 26.8 Å².